The van der Waals surface area contributed by atoms with Gasteiger partial charge in [-0.25, -0.2) is 4.79 Å². The van der Waals surface area contributed by atoms with Gasteiger partial charge >= 0.3 is 5.97 Å². The molecule has 0 radical (unpaired) electrons. The Morgan fingerprint density at radius 1 is 1.38 bits per heavy atom. The first kappa shape index (κ1) is 23.5. The largest absolute Gasteiger partial charge is 0.480 e. The lowest BCUT2D eigenvalue weighted by Crippen LogP contribution is -2.28. The molecule has 160 valence electrons. The first-order valence-electron chi connectivity index (χ1n) is 10.6. The number of aliphatic hydroxyl groups is 2. The van der Waals surface area contributed by atoms with Crippen molar-refractivity contribution in [3.8, 4) is 23.7 Å². The predicted octanol–water partition coefficient (Wildman–Crippen LogP) is 3.01. The number of aliphatic carboxylic acids is 1. The zero-order chi connectivity index (χ0) is 21.4. The molecule has 29 heavy (non-hydrogen) atoms. The molecule has 2 rings (SSSR count). The van der Waals surface area contributed by atoms with Crippen LogP contribution in [-0.2, 0) is 9.53 Å². The lowest BCUT2D eigenvalue weighted by molar-refractivity contribution is -0.142. The molecule has 0 aromatic carbocycles. The molecule has 2 aliphatic carbocycles. The standard InChI is InChI=1S/C24H34O5/c1-4-5-6-12-24(2,3)22(26)10-9-20-19-8-7-17(11-13-29-16-23(27)28)14-18(19)15-21(20)25/h14,18-22,25-26H,4,7-8,11-13,15-16H2,1-3H3,(H,27,28)/t18-,19-,20?,21+,22+/m0/s1. The van der Waals surface area contributed by atoms with Gasteiger partial charge in [-0.05, 0) is 37.5 Å². The molecule has 0 bridgehead atoms. The molecule has 5 nitrogen and oxygen atoms in total. The van der Waals surface area contributed by atoms with E-state index in [0.29, 0.717) is 25.4 Å². The fourth-order valence-corrected chi connectivity index (χ4v) is 4.13. The molecule has 0 heterocycles. The Hall–Kier alpha value is -1.79. The van der Waals surface area contributed by atoms with E-state index in [2.05, 4.69) is 29.8 Å². The summed E-state index contributed by atoms with van der Waals surface area (Å²) in [5, 5.41) is 29.7. The number of allylic oxidation sites excluding steroid dienone is 1. The van der Waals surface area contributed by atoms with Crippen molar-refractivity contribution in [2.24, 2.45) is 23.2 Å². The molecule has 1 fully saturated rings. The second-order valence-corrected chi connectivity index (χ2v) is 8.78. The summed E-state index contributed by atoms with van der Waals surface area (Å²) in [6, 6.07) is 0. The third kappa shape index (κ3) is 6.89. The lowest BCUT2D eigenvalue weighted by Gasteiger charge is -2.27. The maximum atomic E-state index is 10.5. The molecule has 2 aliphatic rings. The third-order valence-electron chi connectivity index (χ3n) is 5.95. The van der Waals surface area contributed by atoms with Gasteiger partial charge in [0.25, 0.3) is 0 Å². The molecule has 1 unspecified atom stereocenters. The van der Waals surface area contributed by atoms with Crippen LogP contribution in [0.4, 0.5) is 0 Å². The highest BCUT2D eigenvalue weighted by atomic mass is 16.5. The number of rotatable bonds is 7. The fraction of sp³-hybridized carbons (Fsp3) is 0.708. The van der Waals surface area contributed by atoms with Crippen molar-refractivity contribution in [1.82, 2.24) is 0 Å². The first-order chi connectivity index (χ1) is 13.7. The molecule has 0 saturated heterocycles. The van der Waals surface area contributed by atoms with Crippen molar-refractivity contribution in [3.63, 3.8) is 0 Å². The number of aliphatic hydroxyl groups excluding tert-OH is 2. The van der Waals surface area contributed by atoms with Gasteiger partial charge in [-0.2, -0.15) is 0 Å². The monoisotopic (exact) mass is 402 g/mol. The third-order valence-corrected chi connectivity index (χ3v) is 5.95. The molecular weight excluding hydrogens is 368 g/mol. The van der Waals surface area contributed by atoms with Gasteiger partial charge in [-0.15, -0.1) is 11.8 Å². The van der Waals surface area contributed by atoms with E-state index in [0.717, 1.165) is 25.7 Å². The SMILES string of the molecule is CCC#CCC(C)(C)[C@H](O)C#CC1[C@H](O)C[C@@H]2C=C(CCOCC(=O)O)CC[C@H]12. The number of carboxylic acid groups (broad SMARTS) is 1. The van der Waals surface area contributed by atoms with Gasteiger partial charge in [-0.1, -0.05) is 44.3 Å². The summed E-state index contributed by atoms with van der Waals surface area (Å²) in [4.78, 5) is 10.5. The van der Waals surface area contributed by atoms with E-state index in [1.54, 1.807) is 0 Å². The quantitative estimate of drug-likeness (QED) is 0.346. The summed E-state index contributed by atoms with van der Waals surface area (Å²) in [6.07, 6.45) is 5.65. The van der Waals surface area contributed by atoms with E-state index in [-0.39, 0.29) is 18.4 Å². The van der Waals surface area contributed by atoms with Crippen molar-refractivity contribution in [2.45, 2.75) is 71.5 Å². The van der Waals surface area contributed by atoms with Crippen LogP contribution in [0.1, 0.15) is 59.3 Å². The predicted molar refractivity (Wildman–Crippen MR) is 112 cm³/mol. The summed E-state index contributed by atoms with van der Waals surface area (Å²) in [5.41, 5.74) is 0.862. The van der Waals surface area contributed by atoms with Gasteiger partial charge in [-0.3, -0.25) is 0 Å². The zero-order valence-corrected chi connectivity index (χ0v) is 17.8. The fourth-order valence-electron chi connectivity index (χ4n) is 4.13. The Bertz CT molecular complexity index is 715. The van der Waals surface area contributed by atoms with E-state index in [9.17, 15) is 15.0 Å². The number of fused-ring (bicyclic) bond motifs is 1. The summed E-state index contributed by atoms with van der Waals surface area (Å²) in [5.74, 6) is 11.8. The second-order valence-electron chi connectivity index (χ2n) is 8.78. The lowest BCUT2D eigenvalue weighted by atomic mass is 9.78. The highest BCUT2D eigenvalue weighted by Crippen LogP contribution is 2.45. The normalized spacial score (nSPS) is 27.0. The Balaban J connectivity index is 1.95. The summed E-state index contributed by atoms with van der Waals surface area (Å²) >= 11 is 0. The van der Waals surface area contributed by atoms with Crippen molar-refractivity contribution >= 4 is 5.97 Å². The molecule has 3 N–H and O–H groups in total. The molecule has 5 heteroatoms. The van der Waals surface area contributed by atoms with Crippen LogP contribution in [0, 0.1) is 46.9 Å². The molecule has 0 aromatic rings. The number of hydrogen-bond donors (Lipinski definition) is 3. The van der Waals surface area contributed by atoms with Crippen molar-refractivity contribution in [1.29, 1.82) is 0 Å². The Kier molecular flexibility index (Phi) is 8.78. The van der Waals surface area contributed by atoms with Crippen LogP contribution < -0.4 is 0 Å². The van der Waals surface area contributed by atoms with Crippen LogP contribution in [0.5, 0.6) is 0 Å². The molecule has 0 aliphatic heterocycles. The van der Waals surface area contributed by atoms with E-state index >= 15 is 0 Å². The number of carbonyl (C=O) groups is 1. The van der Waals surface area contributed by atoms with Gasteiger partial charge in [0, 0.05) is 24.2 Å². The first-order valence-corrected chi connectivity index (χ1v) is 10.6. The minimum Gasteiger partial charge on any atom is -0.480 e. The topological polar surface area (TPSA) is 87.0 Å². The highest BCUT2D eigenvalue weighted by Gasteiger charge is 2.42. The number of hydrogen-bond acceptors (Lipinski definition) is 4. The van der Waals surface area contributed by atoms with Crippen LogP contribution in [0.3, 0.4) is 0 Å². The highest BCUT2D eigenvalue weighted by molar-refractivity contribution is 5.67. The smallest absolute Gasteiger partial charge is 0.329 e. The Morgan fingerprint density at radius 2 is 2.14 bits per heavy atom. The van der Waals surface area contributed by atoms with Crippen LogP contribution in [0.25, 0.3) is 0 Å². The van der Waals surface area contributed by atoms with Crippen molar-refractivity contribution in [2.75, 3.05) is 13.2 Å². The average molecular weight is 403 g/mol. The molecule has 1 saturated carbocycles. The van der Waals surface area contributed by atoms with Gasteiger partial charge in [0.05, 0.1) is 12.7 Å². The van der Waals surface area contributed by atoms with E-state index in [1.807, 2.05) is 20.8 Å². The second kappa shape index (κ2) is 10.8. The van der Waals surface area contributed by atoms with Gasteiger partial charge in [0.1, 0.15) is 12.7 Å². The van der Waals surface area contributed by atoms with Crippen molar-refractivity contribution < 1.29 is 24.9 Å². The summed E-state index contributed by atoms with van der Waals surface area (Å²) < 4.78 is 5.13. The van der Waals surface area contributed by atoms with E-state index < -0.39 is 23.6 Å². The number of ether oxygens (including phenoxy) is 1. The van der Waals surface area contributed by atoms with Crippen LogP contribution in [0.15, 0.2) is 11.6 Å². The minimum absolute atomic E-state index is 0.117. The van der Waals surface area contributed by atoms with Crippen LogP contribution in [-0.4, -0.2) is 46.7 Å². The van der Waals surface area contributed by atoms with Crippen molar-refractivity contribution in [3.05, 3.63) is 11.6 Å². The van der Waals surface area contributed by atoms with Gasteiger partial charge < -0.3 is 20.1 Å². The zero-order valence-electron chi connectivity index (χ0n) is 17.8. The molecular formula is C24H34O5. The van der Waals surface area contributed by atoms with E-state index in [1.165, 1.54) is 5.57 Å². The van der Waals surface area contributed by atoms with E-state index in [4.69, 9.17) is 9.84 Å². The summed E-state index contributed by atoms with van der Waals surface area (Å²) in [6.45, 7) is 6.07. The molecule has 0 amide bonds. The van der Waals surface area contributed by atoms with Gasteiger partial charge in [0.15, 0.2) is 0 Å². The molecule has 0 aromatic heterocycles. The minimum atomic E-state index is -0.953. The van der Waals surface area contributed by atoms with Crippen LogP contribution in [0.2, 0.25) is 0 Å². The molecule has 0 spiro atoms. The number of carboxylic acids is 1. The van der Waals surface area contributed by atoms with Crippen LogP contribution >= 0.6 is 0 Å². The maximum Gasteiger partial charge on any atom is 0.329 e. The molecule has 5 atom stereocenters. The maximum absolute atomic E-state index is 10.5. The van der Waals surface area contributed by atoms with Gasteiger partial charge in [0.2, 0.25) is 0 Å². The Morgan fingerprint density at radius 3 is 2.83 bits per heavy atom. The average Bonchev–Trinajstić information content (AvgIpc) is 2.97. The Labute approximate surface area is 174 Å². The summed E-state index contributed by atoms with van der Waals surface area (Å²) in [7, 11) is 0.